The number of aryl methyl sites for hydroxylation is 2. The lowest BCUT2D eigenvalue weighted by Crippen LogP contribution is -2.13. The van der Waals surface area contributed by atoms with Crippen LogP contribution >= 0.6 is 0 Å². The fourth-order valence-corrected chi connectivity index (χ4v) is 1.79. The van der Waals surface area contributed by atoms with E-state index in [9.17, 15) is 4.79 Å². The van der Waals surface area contributed by atoms with Crippen LogP contribution in [-0.2, 0) is 6.42 Å². The molecule has 0 atom stereocenters. The van der Waals surface area contributed by atoms with Gasteiger partial charge in [0.05, 0.1) is 5.52 Å². The van der Waals surface area contributed by atoms with Crippen LogP contribution in [0, 0.1) is 6.92 Å². The van der Waals surface area contributed by atoms with Crippen molar-refractivity contribution in [3.05, 3.63) is 41.1 Å². The van der Waals surface area contributed by atoms with Gasteiger partial charge in [0.2, 0.25) is 0 Å². The second kappa shape index (κ2) is 3.93. The van der Waals surface area contributed by atoms with Crippen LogP contribution in [0.4, 0.5) is 0 Å². The number of fused-ring (bicyclic) bond motifs is 1. The molecule has 3 nitrogen and oxygen atoms in total. The van der Waals surface area contributed by atoms with Gasteiger partial charge in [0, 0.05) is 5.39 Å². The first-order chi connectivity index (χ1) is 7.61. The van der Waals surface area contributed by atoms with E-state index < -0.39 is 5.91 Å². The molecule has 16 heavy (non-hydrogen) atoms. The standard InChI is InChI=1S/C13H14N2O/c1-3-9-4-5-11-10(7-9)8(2)6-12(15-11)13(14)16/h4-7H,3H2,1-2H3,(H2,14,16). The van der Waals surface area contributed by atoms with Crippen molar-refractivity contribution < 1.29 is 4.79 Å². The maximum atomic E-state index is 11.1. The normalized spacial score (nSPS) is 10.6. The summed E-state index contributed by atoms with van der Waals surface area (Å²) in [5, 5.41) is 1.09. The Morgan fingerprint density at radius 1 is 1.38 bits per heavy atom. The maximum absolute atomic E-state index is 11.1. The number of amides is 1. The van der Waals surface area contributed by atoms with Crippen LogP contribution in [0.1, 0.15) is 28.5 Å². The zero-order valence-corrected chi connectivity index (χ0v) is 9.45. The minimum atomic E-state index is -0.482. The highest BCUT2D eigenvalue weighted by molar-refractivity contribution is 5.94. The molecule has 1 heterocycles. The van der Waals surface area contributed by atoms with Crippen LogP contribution in [-0.4, -0.2) is 10.9 Å². The molecule has 2 N–H and O–H groups in total. The van der Waals surface area contributed by atoms with Crippen molar-refractivity contribution in [3.63, 3.8) is 0 Å². The lowest BCUT2D eigenvalue weighted by Gasteiger charge is -2.05. The van der Waals surface area contributed by atoms with E-state index in [0.717, 1.165) is 22.9 Å². The van der Waals surface area contributed by atoms with Gasteiger partial charge in [-0.15, -0.1) is 0 Å². The minimum absolute atomic E-state index is 0.328. The molecule has 1 amide bonds. The molecular formula is C13H14N2O. The van der Waals surface area contributed by atoms with Gasteiger partial charge in [-0.3, -0.25) is 4.79 Å². The van der Waals surface area contributed by atoms with E-state index in [-0.39, 0.29) is 0 Å². The van der Waals surface area contributed by atoms with Crippen LogP contribution in [0.5, 0.6) is 0 Å². The SMILES string of the molecule is CCc1ccc2nc(C(N)=O)cc(C)c2c1. The van der Waals surface area contributed by atoms with Gasteiger partial charge >= 0.3 is 0 Å². The number of carbonyl (C=O) groups excluding carboxylic acids is 1. The maximum Gasteiger partial charge on any atom is 0.267 e. The van der Waals surface area contributed by atoms with Crippen molar-refractivity contribution in [2.75, 3.05) is 0 Å². The largest absolute Gasteiger partial charge is 0.364 e. The predicted molar refractivity (Wildman–Crippen MR) is 64.4 cm³/mol. The van der Waals surface area contributed by atoms with E-state index in [1.807, 2.05) is 19.1 Å². The number of carbonyl (C=O) groups is 1. The lowest BCUT2D eigenvalue weighted by atomic mass is 10.0. The van der Waals surface area contributed by atoms with Gasteiger partial charge in [0.1, 0.15) is 5.69 Å². The van der Waals surface area contributed by atoms with E-state index in [0.29, 0.717) is 5.69 Å². The van der Waals surface area contributed by atoms with Crippen molar-refractivity contribution in [1.29, 1.82) is 0 Å². The fraction of sp³-hybridized carbons (Fsp3) is 0.231. The molecule has 0 saturated heterocycles. The molecule has 0 saturated carbocycles. The van der Waals surface area contributed by atoms with Crippen molar-refractivity contribution in [2.45, 2.75) is 20.3 Å². The molecule has 2 aromatic rings. The number of rotatable bonds is 2. The van der Waals surface area contributed by atoms with Crippen molar-refractivity contribution in [2.24, 2.45) is 5.73 Å². The number of aromatic nitrogens is 1. The second-order valence-electron chi connectivity index (χ2n) is 3.89. The first kappa shape index (κ1) is 10.6. The average Bonchev–Trinajstić information content (AvgIpc) is 2.28. The third-order valence-electron chi connectivity index (χ3n) is 2.74. The van der Waals surface area contributed by atoms with Gasteiger partial charge in [-0.05, 0) is 42.7 Å². The first-order valence-electron chi connectivity index (χ1n) is 5.32. The van der Waals surface area contributed by atoms with Crippen molar-refractivity contribution in [1.82, 2.24) is 4.98 Å². The molecule has 0 fully saturated rings. The molecule has 1 aromatic carbocycles. The molecule has 0 aliphatic heterocycles. The molecule has 0 bridgehead atoms. The van der Waals surface area contributed by atoms with E-state index in [1.54, 1.807) is 6.07 Å². The quantitative estimate of drug-likeness (QED) is 0.833. The zero-order valence-electron chi connectivity index (χ0n) is 9.45. The number of pyridine rings is 1. The summed E-state index contributed by atoms with van der Waals surface area (Å²) in [7, 11) is 0. The fourth-order valence-electron chi connectivity index (χ4n) is 1.79. The van der Waals surface area contributed by atoms with Crippen molar-refractivity contribution >= 4 is 16.8 Å². The number of benzene rings is 1. The summed E-state index contributed by atoms with van der Waals surface area (Å²) in [6, 6.07) is 7.82. The smallest absolute Gasteiger partial charge is 0.267 e. The molecule has 82 valence electrons. The highest BCUT2D eigenvalue weighted by atomic mass is 16.1. The number of hydrogen-bond acceptors (Lipinski definition) is 2. The van der Waals surface area contributed by atoms with Crippen LogP contribution in [0.25, 0.3) is 10.9 Å². The predicted octanol–water partition coefficient (Wildman–Crippen LogP) is 2.20. The van der Waals surface area contributed by atoms with Gasteiger partial charge in [-0.2, -0.15) is 0 Å². The Bertz CT molecular complexity index is 561. The van der Waals surface area contributed by atoms with E-state index in [2.05, 4.69) is 18.0 Å². The van der Waals surface area contributed by atoms with Gasteiger partial charge < -0.3 is 5.73 Å². The summed E-state index contributed by atoms with van der Waals surface area (Å²) < 4.78 is 0. The Morgan fingerprint density at radius 3 is 2.75 bits per heavy atom. The van der Waals surface area contributed by atoms with E-state index >= 15 is 0 Å². The van der Waals surface area contributed by atoms with Crippen LogP contribution in [0.2, 0.25) is 0 Å². The molecule has 0 spiro atoms. The highest BCUT2D eigenvalue weighted by Crippen LogP contribution is 2.19. The van der Waals surface area contributed by atoms with Gasteiger partial charge in [0.25, 0.3) is 5.91 Å². The third kappa shape index (κ3) is 1.76. The van der Waals surface area contributed by atoms with Gasteiger partial charge in [-0.25, -0.2) is 4.98 Å². The van der Waals surface area contributed by atoms with E-state index in [4.69, 9.17) is 5.73 Å². The molecule has 3 heteroatoms. The summed E-state index contributed by atoms with van der Waals surface area (Å²) in [6.45, 7) is 4.08. The van der Waals surface area contributed by atoms with Crippen molar-refractivity contribution in [3.8, 4) is 0 Å². The minimum Gasteiger partial charge on any atom is -0.364 e. The van der Waals surface area contributed by atoms with Crippen LogP contribution < -0.4 is 5.73 Å². The monoisotopic (exact) mass is 214 g/mol. The number of primary amides is 1. The number of nitrogens with zero attached hydrogens (tertiary/aromatic N) is 1. The molecule has 0 unspecified atom stereocenters. The number of nitrogens with two attached hydrogens (primary N) is 1. The van der Waals surface area contributed by atoms with Gasteiger partial charge in [-0.1, -0.05) is 13.0 Å². The summed E-state index contributed by atoms with van der Waals surface area (Å²) in [6.07, 6.45) is 0.993. The van der Waals surface area contributed by atoms with E-state index in [1.165, 1.54) is 5.56 Å². The highest BCUT2D eigenvalue weighted by Gasteiger charge is 2.07. The molecule has 0 aliphatic carbocycles. The zero-order chi connectivity index (χ0) is 11.7. The Hall–Kier alpha value is -1.90. The van der Waals surface area contributed by atoms with Crippen LogP contribution in [0.3, 0.4) is 0 Å². The Labute approximate surface area is 94.3 Å². The molecular weight excluding hydrogens is 200 g/mol. The Morgan fingerprint density at radius 2 is 2.12 bits per heavy atom. The van der Waals surface area contributed by atoms with Gasteiger partial charge in [0.15, 0.2) is 0 Å². The molecule has 1 aromatic heterocycles. The molecule has 0 radical (unpaired) electrons. The summed E-state index contributed by atoms with van der Waals surface area (Å²) in [5.41, 5.74) is 8.69. The molecule has 0 aliphatic rings. The first-order valence-corrected chi connectivity index (χ1v) is 5.32. The Kier molecular flexibility index (Phi) is 2.60. The Balaban J connectivity index is 2.71. The average molecular weight is 214 g/mol. The lowest BCUT2D eigenvalue weighted by molar-refractivity contribution is 0.0996. The topological polar surface area (TPSA) is 56.0 Å². The summed E-state index contributed by atoms with van der Waals surface area (Å²) >= 11 is 0. The second-order valence-corrected chi connectivity index (χ2v) is 3.89. The number of hydrogen-bond donors (Lipinski definition) is 1. The van der Waals surface area contributed by atoms with Crippen LogP contribution in [0.15, 0.2) is 24.3 Å². The summed E-state index contributed by atoms with van der Waals surface area (Å²) in [5.74, 6) is -0.482. The molecule has 2 rings (SSSR count). The summed E-state index contributed by atoms with van der Waals surface area (Å²) in [4.78, 5) is 15.3. The third-order valence-corrected chi connectivity index (χ3v) is 2.74.